The fraction of sp³-hybridized carbons (Fsp3) is 0.571. The molecule has 0 saturated carbocycles. The van der Waals surface area contributed by atoms with Gasteiger partial charge in [0, 0.05) is 18.5 Å². The van der Waals surface area contributed by atoms with E-state index in [9.17, 15) is 0 Å². The number of halogens is 1. The van der Waals surface area contributed by atoms with Gasteiger partial charge in [-0.2, -0.15) is 0 Å². The number of aryl methyl sites for hydroxylation is 3. The maximum absolute atomic E-state index is 5.72. The topological polar surface area (TPSA) is 12.0 Å². The van der Waals surface area contributed by atoms with Crippen LogP contribution in [0.2, 0.25) is 0 Å². The zero-order chi connectivity index (χ0) is 12.1. The second-order valence-electron chi connectivity index (χ2n) is 4.64. The zero-order valence-electron chi connectivity index (χ0n) is 10.7. The molecule has 90 valence electrons. The Morgan fingerprint density at radius 3 is 2.25 bits per heavy atom. The Kier molecular flexibility index (Phi) is 5.30. The van der Waals surface area contributed by atoms with E-state index < -0.39 is 0 Å². The first-order chi connectivity index (χ1) is 7.54. The predicted molar refractivity (Wildman–Crippen MR) is 72.3 cm³/mol. The molecule has 0 heterocycles. The normalized spacial score (nSPS) is 12.8. The van der Waals surface area contributed by atoms with Crippen molar-refractivity contribution in [1.82, 2.24) is 5.32 Å². The van der Waals surface area contributed by atoms with Crippen molar-refractivity contribution in [2.45, 2.75) is 46.7 Å². The third-order valence-corrected chi connectivity index (χ3v) is 3.23. The van der Waals surface area contributed by atoms with Crippen molar-refractivity contribution in [3.8, 4) is 0 Å². The predicted octanol–water partition coefficient (Wildman–Crippen LogP) is 3.72. The molecule has 0 aliphatic rings. The highest BCUT2D eigenvalue weighted by Crippen LogP contribution is 2.16. The van der Waals surface area contributed by atoms with Crippen LogP contribution in [0.15, 0.2) is 12.1 Å². The van der Waals surface area contributed by atoms with E-state index in [1.807, 2.05) is 0 Å². The summed E-state index contributed by atoms with van der Waals surface area (Å²) in [5, 5.41) is 3.52. The summed E-state index contributed by atoms with van der Waals surface area (Å²) in [5.74, 6) is 0.722. The Hall–Kier alpha value is -0.530. The van der Waals surface area contributed by atoms with E-state index >= 15 is 0 Å². The maximum atomic E-state index is 5.72. The van der Waals surface area contributed by atoms with Gasteiger partial charge in [-0.15, -0.1) is 11.6 Å². The highest BCUT2D eigenvalue weighted by Gasteiger charge is 2.05. The molecule has 1 atom stereocenters. The Morgan fingerprint density at radius 2 is 1.75 bits per heavy atom. The first-order valence-corrected chi connectivity index (χ1v) is 6.44. The van der Waals surface area contributed by atoms with Gasteiger partial charge in [-0.1, -0.05) is 17.7 Å². The molecule has 1 N–H and O–H groups in total. The molecule has 16 heavy (non-hydrogen) atoms. The molecule has 1 aromatic rings. The van der Waals surface area contributed by atoms with Gasteiger partial charge in [-0.25, -0.2) is 0 Å². The van der Waals surface area contributed by atoms with E-state index in [4.69, 9.17) is 11.6 Å². The molecule has 1 nitrogen and oxygen atoms in total. The third kappa shape index (κ3) is 3.80. The number of rotatable bonds is 5. The van der Waals surface area contributed by atoms with Crippen LogP contribution in [0.4, 0.5) is 0 Å². The molecule has 0 saturated heterocycles. The van der Waals surface area contributed by atoms with Gasteiger partial charge in [0.25, 0.3) is 0 Å². The largest absolute Gasteiger partial charge is 0.310 e. The van der Waals surface area contributed by atoms with Crippen molar-refractivity contribution >= 4 is 11.6 Å². The Labute approximate surface area is 104 Å². The van der Waals surface area contributed by atoms with Gasteiger partial charge < -0.3 is 5.32 Å². The number of alkyl halides is 1. The highest BCUT2D eigenvalue weighted by molar-refractivity contribution is 6.17. The number of nitrogens with one attached hydrogen (secondary N) is 1. The first-order valence-electron chi connectivity index (χ1n) is 5.90. The second-order valence-corrected chi connectivity index (χ2v) is 5.01. The first kappa shape index (κ1) is 13.5. The fourth-order valence-electron chi connectivity index (χ4n) is 2.03. The summed E-state index contributed by atoms with van der Waals surface area (Å²) in [6, 6.07) is 4.98. The highest BCUT2D eigenvalue weighted by atomic mass is 35.5. The second kappa shape index (κ2) is 6.27. The van der Waals surface area contributed by atoms with Crippen LogP contribution in [0.1, 0.15) is 35.6 Å². The average Bonchev–Trinajstić information content (AvgIpc) is 2.16. The van der Waals surface area contributed by atoms with E-state index in [0.29, 0.717) is 6.04 Å². The molecule has 2 heteroatoms. The third-order valence-electron chi connectivity index (χ3n) is 3.01. The zero-order valence-corrected chi connectivity index (χ0v) is 11.5. The van der Waals surface area contributed by atoms with Crippen LogP contribution in [0.5, 0.6) is 0 Å². The summed E-state index contributed by atoms with van der Waals surface area (Å²) in [4.78, 5) is 0. The standard InChI is InChI=1S/C14H22ClN/c1-10-7-11(2)14(12(3)8-10)9-16-13(4)5-6-15/h7-8,13,16H,5-6,9H2,1-4H3. The van der Waals surface area contributed by atoms with Crippen molar-refractivity contribution in [1.29, 1.82) is 0 Å². The summed E-state index contributed by atoms with van der Waals surface area (Å²) < 4.78 is 0. The lowest BCUT2D eigenvalue weighted by atomic mass is 9.99. The molecule has 0 aliphatic heterocycles. The van der Waals surface area contributed by atoms with Crippen LogP contribution in [0.3, 0.4) is 0 Å². The van der Waals surface area contributed by atoms with Crippen LogP contribution in [-0.2, 0) is 6.54 Å². The number of hydrogen-bond acceptors (Lipinski definition) is 1. The van der Waals surface area contributed by atoms with Gasteiger partial charge in [0.2, 0.25) is 0 Å². The van der Waals surface area contributed by atoms with Crippen molar-refractivity contribution in [2.75, 3.05) is 5.88 Å². The van der Waals surface area contributed by atoms with Crippen molar-refractivity contribution in [2.24, 2.45) is 0 Å². The minimum atomic E-state index is 0.484. The fourth-order valence-corrected chi connectivity index (χ4v) is 2.36. The maximum Gasteiger partial charge on any atom is 0.0238 e. The lowest BCUT2D eigenvalue weighted by Gasteiger charge is -2.16. The van der Waals surface area contributed by atoms with Gasteiger partial charge >= 0.3 is 0 Å². The van der Waals surface area contributed by atoms with E-state index in [1.54, 1.807) is 0 Å². The molecule has 0 aromatic heterocycles. The Morgan fingerprint density at radius 1 is 1.19 bits per heavy atom. The lowest BCUT2D eigenvalue weighted by Crippen LogP contribution is -2.26. The van der Waals surface area contributed by atoms with Crippen LogP contribution in [0.25, 0.3) is 0 Å². The van der Waals surface area contributed by atoms with Crippen LogP contribution >= 0.6 is 11.6 Å². The SMILES string of the molecule is Cc1cc(C)c(CNC(C)CCCl)c(C)c1. The lowest BCUT2D eigenvalue weighted by molar-refractivity contribution is 0.534. The molecule has 0 amide bonds. The van der Waals surface area contributed by atoms with Gasteiger partial charge in [0.05, 0.1) is 0 Å². The van der Waals surface area contributed by atoms with E-state index in [1.165, 1.54) is 22.3 Å². The molecule has 0 aliphatic carbocycles. The van der Waals surface area contributed by atoms with Crippen molar-refractivity contribution in [3.05, 3.63) is 34.4 Å². The van der Waals surface area contributed by atoms with Crippen LogP contribution in [-0.4, -0.2) is 11.9 Å². The molecular weight excluding hydrogens is 218 g/mol. The average molecular weight is 240 g/mol. The van der Waals surface area contributed by atoms with Crippen LogP contribution in [0, 0.1) is 20.8 Å². The van der Waals surface area contributed by atoms with E-state index in [-0.39, 0.29) is 0 Å². The minimum Gasteiger partial charge on any atom is -0.310 e. The smallest absolute Gasteiger partial charge is 0.0238 e. The summed E-state index contributed by atoms with van der Waals surface area (Å²) in [5.41, 5.74) is 5.52. The minimum absolute atomic E-state index is 0.484. The summed E-state index contributed by atoms with van der Waals surface area (Å²) >= 11 is 5.72. The quantitative estimate of drug-likeness (QED) is 0.773. The monoisotopic (exact) mass is 239 g/mol. The molecule has 0 spiro atoms. The molecular formula is C14H22ClN. The summed E-state index contributed by atoms with van der Waals surface area (Å²) in [6.45, 7) is 9.64. The number of benzene rings is 1. The molecule has 1 rings (SSSR count). The van der Waals surface area contributed by atoms with Crippen molar-refractivity contribution in [3.63, 3.8) is 0 Å². The molecule has 0 fully saturated rings. The molecule has 1 aromatic carbocycles. The van der Waals surface area contributed by atoms with E-state index in [0.717, 1.165) is 18.8 Å². The van der Waals surface area contributed by atoms with Crippen LogP contribution < -0.4 is 5.32 Å². The van der Waals surface area contributed by atoms with Gasteiger partial charge in [0.1, 0.15) is 0 Å². The molecule has 1 unspecified atom stereocenters. The van der Waals surface area contributed by atoms with Gasteiger partial charge in [-0.3, -0.25) is 0 Å². The number of hydrogen-bond donors (Lipinski definition) is 1. The summed E-state index contributed by atoms with van der Waals surface area (Å²) in [6.07, 6.45) is 1.02. The van der Waals surface area contributed by atoms with Crippen molar-refractivity contribution < 1.29 is 0 Å². The van der Waals surface area contributed by atoms with Gasteiger partial charge in [-0.05, 0) is 50.8 Å². The van der Waals surface area contributed by atoms with Gasteiger partial charge in [0.15, 0.2) is 0 Å². The van der Waals surface area contributed by atoms with E-state index in [2.05, 4.69) is 45.1 Å². The molecule has 0 bridgehead atoms. The Balaban J connectivity index is 2.67. The summed E-state index contributed by atoms with van der Waals surface area (Å²) in [7, 11) is 0. The molecule has 0 radical (unpaired) electrons. The Bertz CT molecular complexity index is 324.